The molecule has 1 fully saturated rings. The maximum atomic E-state index is 14.2. The molecule has 6 nitrogen and oxygen atoms in total. The molecule has 0 bridgehead atoms. The number of halogens is 1. The fourth-order valence-electron chi connectivity index (χ4n) is 2.73. The minimum Gasteiger partial charge on any atom is -0.477 e. The Balaban J connectivity index is 2.50. The van der Waals surface area contributed by atoms with Crippen molar-refractivity contribution >= 4 is 17.3 Å². The second-order valence-corrected chi connectivity index (χ2v) is 5.27. The van der Waals surface area contributed by atoms with Gasteiger partial charge in [-0.2, -0.15) is 0 Å². The number of nitrogens with zero attached hydrogens (tertiary/aromatic N) is 2. The molecule has 1 N–H and O–H groups in total. The van der Waals surface area contributed by atoms with Crippen LogP contribution in [0.15, 0.2) is 12.1 Å². The molecule has 0 spiro atoms. The summed E-state index contributed by atoms with van der Waals surface area (Å²) < 4.78 is 14.2. The summed E-state index contributed by atoms with van der Waals surface area (Å²) in [6.45, 7) is 2.57. The van der Waals surface area contributed by atoms with Gasteiger partial charge in [0.25, 0.3) is 5.69 Å². The van der Waals surface area contributed by atoms with E-state index in [9.17, 15) is 19.3 Å². The Hall–Kier alpha value is -2.18. The minimum absolute atomic E-state index is 0.0742. The van der Waals surface area contributed by atoms with E-state index in [1.54, 1.807) is 4.90 Å². The highest BCUT2D eigenvalue weighted by atomic mass is 19.1. The van der Waals surface area contributed by atoms with E-state index in [0.717, 1.165) is 31.7 Å². The maximum absolute atomic E-state index is 14.2. The number of nitro benzene ring substituents is 1. The number of nitro groups is 1. The van der Waals surface area contributed by atoms with Crippen LogP contribution >= 0.6 is 0 Å². The molecule has 1 aromatic carbocycles. The first-order valence-corrected chi connectivity index (χ1v) is 6.89. The number of benzene rings is 1. The third-order valence-corrected chi connectivity index (χ3v) is 3.85. The van der Waals surface area contributed by atoms with Gasteiger partial charge in [0.1, 0.15) is 5.56 Å². The summed E-state index contributed by atoms with van der Waals surface area (Å²) in [6.07, 6.45) is 3.86. The zero-order valence-corrected chi connectivity index (χ0v) is 11.7. The van der Waals surface area contributed by atoms with E-state index in [1.165, 1.54) is 0 Å². The summed E-state index contributed by atoms with van der Waals surface area (Å²) in [5.74, 6) is -2.18. The molecule has 114 valence electrons. The van der Waals surface area contributed by atoms with Crippen LogP contribution < -0.4 is 4.90 Å². The first-order chi connectivity index (χ1) is 9.91. The summed E-state index contributed by atoms with van der Waals surface area (Å²) in [7, 11) is 0. The lowest BCUT2D eigenvalue weighted by atomic mass is 10.1. The zero-order chi connectivity index (χ0) is 15.6. The molecule has 21 heavy (non-hydrogen) atoms. The van der Waals surface area contributed by atoms with Crippen molar-refractivity contribution in [2.45, 2.75) is 38.6 Å². The number of hydrogen-bond acceptors (Lipinski definition) is 4. The summed E-state index contributed by atoms with van der Waals surface area (Å²) in [5, 5.41) is 20.0. The molecule has 1 aromatic rings. The van der Waals surface area contributed by atoms with E-state index < -0.39 is 28.0 Å². The summed E-state index contributed by atoms with van der Waals surface area (Å²) in [5.41, 5.74) is -1.06. The van der Waals surface area contributed by atoms with Crippen molar-refractivity contribution in [1.82, 2.24) is 0 Å². The van der Waals surface area contributed by atoms with E-state index in [1.807, 2.05) is 6.92 Å². The molecule has 0 amide bonds. The van der Waals surface area contributed by atoms with Crippen molar-refractivity contribution < 1.29 is 19.2 Å². The Kier molecular flexibility index (Phi) is 4.40. The van der Waals surface area contributed by atoms with Gasteiger partial charge in [0.15, 0.2) is 5.82 Å². The van der Waals surface area contributed by atoms with Crippen LogP contribution in [0.2, 0.25) is 0 Å². The fraction of sp³-hybridized carbons (Fsp3) is 0.500. The molecule has 7 heteroatoms. The molecule has 1 saturated heterocycles. The molecule has 1 atom stereocenters. The number of carbonyl (C=O) groups is 1. The highest BCUT2D eigenvalue weighted by Gasteiger charge is 2.27. The van der Waals surface area contributed by atoms with Gasteiger partial charge in [-0.3, -0.25) is 10.1 Å². The predicted octanol–water partition coefficient (Wildman–Crippen LogP) is 3.20. The molecule has 1 unspecified atom stereocenters. The normalized spacial score (nSPS) is 19.1. The van der Waals surface area contributed by atoms with Gasteiger partial charge in [-0.25, -0.2) is 9.18 Å². The molecule has 0 radical (unpaired) electrons. The number of carboxylic acid groups (broad SMARTS) is 1. The van der Waals surface area contributed by atoms with Crippen LogP contribution in [0, 0.1) is 15.9 Å². The monoisotopic (exact) mass is 296 g/mol. The first-order valence-electron chi connectivity index (χ1n) is 6.89. The van der Waals surface area contributed by atoms with Gasteiger partial charge in [-0.05, 0) is 25.8 Å². The van der Waals surface area contributed by atoms with E-state index >= 15 is 0 Å². The van der Waals surface area contributed by atoms with E-state index in [4.69, 9.17) is 5.11 Å². The lowest BCUT2D eigenvalue weighted by molar-refractivity contribution is -0.385. The van der Waals surface area contributed by atoms with Gasteiger partial charge >= 0.3 is 5.97 Å². The molecule has 1 heterocycles. The van der Waals surface area contributed by atoms with Crippen LogP contribution in [0.25, 0.3) is 0 Å². The van der Waals surface area contributed by atoms with Crippen molar-refractivity contribution in [2.24, 2.45) is 0 Å². The van der Waals surface area contributed by atoms with Gasteiger partial charge < -0.3 is 10.0 Å². The Bertz CT molecular complexity index is 576. The van der Waals surface area contributed by atoms with Gasteiger partial charge in [0.05, 0.1) is 16.7 Å². The number of hydrogen-bond donors (Lipinski definition) is 1. The van der Waals surface area contributed by atoms with Crippen molar-refractivity contribution in [3.05, 3.63) is 33.6 Å². The molecule has 1 aliphatic rings. The van der Waals surface area contributed by atoms with Crippen molar-refractivity contribution in [2.75, 3.05) is 11.4 Å². The third-order valence-electron chi connectivity index (χ3n) is 3.85. The number of aromatic carboxylic acids is 1. The van der Waals surface area contributed by atoms with Gasteiger partial charge in [-0.1, -0.05) is 12.8 Å². The minimum atomic E-state index is -1.43. The fourth-order valence-corrected chi connectivity index (χ4v) is 2.73. The predicted molar refractivity (Wildman–Crippen MR) is 75.3 cm³/mol. The SMILES string of the molecule is CC1CCCCCN1c1cc(C(=O)O)c([N+](=O)[O-])cc1F. The molecule has 0 aliphatic carbocycles. The third kappa shape index (κ3) is 3.12. The standard InChI is InChI=1S/C14H17FN2O4/c1-9-5-3-2-4-6-16(9)13-7-10(14(18)19)12(17(20)21)8-11(13)15/h7-9H,2-6H2,1H3,(H,18,19). The maximum Gasteiger partial charge on any atom is 0.342 e. The van der Waals surface area contributed by atoms with E-state index in [-0.39, 0.29) is 11.7 Å². The molecule has 0 aromatic heterocycles. The molecular formula is C14H17FN2O4. The smallest absolute Gasteiger partial charge is 0.342 e. The van der Waals surface area contributed by atoms with Crippen LogP contribution in [0.3, 0.4) is 0 Å². The lowest BCUT2D eigenvalue weighted by Gasteiger charge is -2.29. The average molecular weight is 296 g/mol. The zero-order valence-electron chi connectivity index (χ0n) is 11.7. The largest absolute Gasteiger partial charge is 0.477 e. The van der Waals surface area contributed by atoms with E-state index in [2.05, 4.69) is 0 Å². The highest BCUT2D eigenvalue weighted by Crippen LogP contribution is 2.32. The Labute approximate surface area is 121 Å². The van der Waals surface area contributed by atoms with E-state index in [0.29, 0.717) is 12.6 Å². The lowest BCUT2D eigenvalue weighted by Crippen LogP contribution is -2.33. The van der Waals surface area contributed by atoms with Crippen LogP contribution in [-0.2, 0) is 0 Å². The molecule has 0 saturated carbocycles. The second-order valence-electron chi connectivity index (χ2n) is 5.27. The Morgan fingerprint density at radius 2 is 2.14 bits per heavy atom. The second kappa shape index (κ2) is 6.07. The summed E-state index contributed by atoms with van der Waals surface area (Å²) in [4.78, 5) is 23.0. The topological polar surface area (TPSA) is 83.7 Å². The van der Waals surface area contributed by atoms with Gasteiger partial charge in [0, 0.05) is 12.6 Å². The Morgan fingerprint density at radius 1 is 1.43 bits per heavy atom. The van der Waals surface area contributed by atoms with Crippen LogP contribution in [-0.4, -0.2) is 28.6 Å². The van der Waals surface area contributed by atoms with Gasteiger partial charge in [-0.15, -0.1) is 0 Å². The quantitative estimate of drug-likeness (QED) is 0.684. The van der Waals surface area contributed by atoms with Crippen molar-refractivity contribution in [3.8, 4) is 0 Å². The number of carboxylic acids is 1. The van der Waals surface area contributed by atoms with Crippen molar-refractivity contribution in [3.63, 3.8) is 0 Å². The summed E-state index contributed by atoms with van der Waals surface area (Å²) >= 11 is 0. The van der Waals surface area contributed by atoms with Crippen LogP contribution in [0.4, 0.5) is 15.8 Å². The first kappa shape index (κ1) is 15.2. The van der Waals surface area contributed by atoms with Crippen LogP contribution in [0.1, 0.15) is 43.0 Å². The number of rotatable bonds is 3. The van der Waals surface area contributed by atoms with Crippen molar-refractivity contribution in [1.29, 1.82) is 0 Å². The average Bonchev–Trinajstić information content (AvgIpc) is 2.63. The number of anilines is 1. The highest BCUT2D eigenvalue weighted by molar-refractivity contribution is 5.93. The molecule has 2 rings (SSSR count). The molecule has 1 aliphatic heterocycles. The van der Waals surface area contributed by atoms with Crippen LogP contribution in [0.5, 0.6) is 0 Å². The summed E-state index contributed by atoms with van der Waals surface area (Å²) in [6, 6.07) is 1.86. The Morgan fingerprint density at radius 3 is 2.76 bits per heavy atom. The molecular weight excluding hydrogens is 279 g/mol. The van der Waals surface area contributed by atoms with Gasteiger partial charge in [0.2, 0.25) is 0 Å².